The molecule has 0 amide bonds. The first kappa shape index (κ1) is 46.9. The van der Waals surface area contributed by atoms with Crippen LogP contribution in [0.2, 0.25) is 0 Å². The van der Waals surface area contributed by atoms with Gasteiger partial charge in [0, 0.05) is 65.6 Å². The summed E-state index contributed by atoms with van der Waals surface area (Å²) in [5.41, 5.74) is 8.81. The van der Waals surface area contributed by atoms with Gasteiger partial charge in [-0.25, -0.2) is 0 Å². The van der Waals surface area contributed by atoms with Gasteiger partial charge in [-0.3, -0.25) is 0 Å². The molecule has 0 aliphatic rings. The zero-order valence-corrected chi connectivity index (χ0v) is 42.0. The Hall–Kier alpha value is -10.3. The quantitative estimate of drug-likeness (QED) is 0.153. The van der Waals surface area contributed by atoms with E-state index in [1.165, 1.54) is 0 Å². The van der Waals surface area contributed by atoms with Crippen molar-refractivity contribution in [2.45, 2.75) is 12.4 Å². The van der Waals surface area contributed by atoms with Crippen molar-refractivity contribution < 1.29 is 26.3 Å². The molecule has 0 bridgehead atoms. The second kappa shape index (κ2) is 17.3. The fourth-order valence-corrected chi connectivity index (χ4v) is 12.4. The number of fused-ring (bicyclic) bond motifs is 12. The van der Waals surface area contributed by atoms with Crippen LogP contribution in [0.5, 0.6) is 0 Å². The van der Waals surface area contributed by atoms with Gasteiger partial charge in [0.25, 0.3) is 0 Å². The van der Waals surface area contributed by atoms with Gasteiger partial charge < -0.3 is 18.3 Å². The van der Waals surface area contributed by atoms with E-state index in [9.17, 15) is 31.6 Å². The molecule has 0 saturated heterocycles. The molecule has 0 saturated carbocycles. The van der Waals surface area contributed by atoms with E-state index in [0.29, 0.717) is 28.1 Å². The highest BCUT2D eigenvalue weighted by molar-refractivity contribution is 6.21. The Morgan fingerprint density at radius 1 is 0.287 bits per heavy atom. The minimum atomic E-state index is -5.07. The van der Waals surface area contributed by atoms with Crippen LogP contribution in [0.3, 0.4) is 0 Å². The minimum Gasteiger partial charge on any atom is -0.309 e. The van der Waals surface area contributed by atoms with Crippen LogP contribution in [0.1, 0.15) is 16.7 Å². The zero-order chi connectivity index (χ0) is 54.2. The molecule has 4 heterocycles. The van der Waals surface area contributed by atoms with Crippen molar-refractivity contribution in [1.29, 1.82) is 5.26 Å². The van der Waals surface area contributed by atoms with Crippen LogP contribution >= 0.6 is 0 Å². The molecule has 11 aromatic carbocycles. The normalized spacial score (nSPS) is 12.4. The first-order chi connectivity index (χ1) is 38.9. The fourth-order valence-electron chi connectivity index (χ4n) is 12.4. The molecule has 0 aliphatic carbocycles. The Bertz CT molecular complexity index is 5070. The summed E-state index contributed by atoms with van der Waals surface area (Å²) in [6, 6.07) is 76.1. The Labute approximate surface area is 451 Å². The van der Waals surface area contributed by atoms with Crippen LogP contribution in [0.4, 0.5) is 26.3 Å². The highest BCUT2D eigenvalue weighted by atomic mass is 19.4. The van der Waals surface area contributed by atoms with Gasteiger partial charge in [0.15, 0.2) is 0 Å². The first-order valence-electron chi connectivity index (χ1n) is 25.9. The summed E-state index contributed by atoms with van der Waals surface area (Å²) in [5.74, 6) is 0. The SMILES string of the molecule is N#Cc1ccc(-c2ccc(-c3cc(C(F)(F)F)cc(C(F)(F)F)c3)cc2-n2c3ccccc3c3cc4c5ccccc5n(-c5ccccc5)c4cc32)c(-n2c3ccccc3c3cc4c5ccccc5n(-c5ccccc5)c4cc32)c1. The molecule has 4 aromatic heterocycles. The predicted octanol–water partition coefficient (Wildman–Crippen LogP) is 19.3. The Kier molecular flexibility index (Phi) is 10.2. The molecule has 0 N–H and O–H groups in total. The number of hydrogen-bond donors (Lipinski definition) is 0. The summed E-state index contributed by atoms with van der Waals surface area (Å²) < 4.78 is 96.7. The van der Waals surface area contributed by atoms with E-state index in [1.807, 2.05) is 127 Å². The molecule has 11 heteroatoms. The molecular formula is C69H39F6N5. The second-order valence-corrected chi connectivity index (χ2v) is 20.2. The smallest absolute Gasteiger partial charge is 0.309 e. The van der Waals surface area contributed by atoms with Gasteiger partial charge in [-0.2, -0.15) is 31.6 Å². The topological polar surface area (TPSA) is 43.5 Å². The fraction of sp³-hybridized carbons (Fsp3) is 0.0290. The molecule has 80 heavy (non-hydrogen) atoms. The highest BCUT2D eigenvalue weighted by Crippen LogP contribution is 2.47. The molecule has 0 radical (unpaired) electrons. The van der Waals surface area contributed by atoms with Crippen molar-refractivity contribution in [3.8, 4) is 51.1 Å². The third-order valence-electron chi connectivity index (χ3n) is 15.8. The van der Waals surface area contributed by atoms with Gasteiger partial charge in [-0.05, 0) is 120 Å². The monoisotopic (exact) mass is 1050 g/mol. The third kappa shape index (κ3) is 7.12. The van der Waals surface area contributed by atoms with E-state index in [-0.39, 0.29) is 17.2 Å². The minimum absolute atomic E-state index is 0.133. The number of hydrogen-bond acceptors (Lipinski definition) is 1. The van der Waals surface area contributed by atoms with Gasteiger partial charge >= 0.3 is 12.4 Å². The summed E-state index contributed by atoms with van der Waals surface area (Å²) in [6.45, 7) is 0. The maximum atomic E-state index is 14.7. The number of alkyl halides is 6. The van der Waals surface area contributed by atoms with Gasteiger partial charge in [-0.15, -0.1) is 0 Å². The van der Waals surface area contributed by atoms with E-state index < -0.39 is 23.5 Å². The molecule has 0 fully saturated rings. The molecular weight excluding hydrogens is 1010 g/mol. The molecule has 0 spiro atoms. The van der Waals surface area contributed by atoms with Crippen molar-refractivity contribution in [1.82, 2.24) is 18.3 Å². The summed E-state index contributed by atoms with van der Waals surface area (Å²) in [4.78, 5) is 0. The van der Waals surface area contributed by atoms with Crippen molar-refractivity contribution in [2.75, 3.05) is 0 Å². The van der Waals surface area contributed by atoms with Crippen molar-refractivity contribution in [3.63, 3.8) is 0 Å². The lowest BCUT2D eigenvalue weighted by molar-refractivity contribution is -0.143. The van der Waals surface area contributed by atoms with Crippen LogP contribution < -0.4 is 0 Å². The number of nitriles is 1. The predicted molar refractivity (Wildman–Crippen MR) is 309 cm³/mol. The lowest BCUT2D eigenvalue weighted by Gasteiger charge is -2.21. The van der Waals surface area contributed by atoms with Crippen LogP contribution in [0, 0.1) is 11.3 Å². The van der Waals surface area contributed by atoms with Crippen molar-refractivity contribution in [3.05, 3.63) is 253 Å². The molecule has 0 aliphatic heterocycles. The van der Waals surface area contributed by atoms with Crippen LogP contribution in [-0.2, 0) is 12.4 Å². The average molecular weight is 1050 g/mol. The standard InChI is InChI=1S/C69H39F6N5/c70-68(71,72)44-32-43(33-45(35-44)69(73,74)75)42-28-30-53(63(34-42)80-61-26-14-10-22-51(61)57-37-55-49-20-8-12-24-59(49)78(65(55)39-67(57)80)47-17-5-2-6-18-47)52-29-27-41(40-76)31-62(52)79-60-25-13-9-21-50(60)56-36-54-48-19-7-11-23-58(48)77(64(54)38-66(56)79)46-15-3-1-4-16-46/h1-39H. The van der Waals surface area contributed by atoms with Crippen molar-refractivity contribution in [2.24, 2.45) is 0 Å². The molecule has 0 atom stereocenters. The third-order valence-corrected chi connectivity index (χ3v) is 15.8. The van der Waals surface area contributed by atoms with Gasteiger partial charge in [-0.1, -0.05) is 127 Å². The number of rotatable bonds is 6. The number of para-hydroxylation sites is 6. The van der Waals surface area contributed by atoms with Crippen LogP contribution in [-0.4, -0.2) is 18.3 Å². The molecule has 382 valence electrons. The Morgan fingerprint density at radius 2 is 0.650 bits per heavy atom. The van der Waals surface area contributed by atoms with Gasteiger partial charge in [0.2, 0.25) is 0 Å². The summed E-state index contributed by atoms with van der Waals surface area (Å²) in [6.07, 6.45) is -10.1. The average Bonchev–Trinajstić information content (AvgIpc) is 4.40. The van der Waals surface area contributed by atoms with E-state index in [4.69, 9.17) is 0 Å². The van der Waals surface area contributed by atoms with Gasteiger partial charge in [0.05, 0.1) is 78.3 Å². The number of nitrogens with zero attached hydrogens (tertiary/aromatic N) is 5. The zero-order valence-electron chi connectivity index (χ0n) is 42.0. The van der Waals surface area contributed by atoms with E-state index in [1.54, 1.807) is 24.3 Å². The van der Waals surface area contributed by atoms with Gasteiger partial charge in [0.1, 0.15) is 0 Å². The molecule has 0 unspecified atom stereocenters. The number of benzene rings is 11. The Balaban J connectivity index is 1.07. The second-order valence-electron chi connectivity index (χ2n) is 20.2. The Morgan fingerprint density at radius 3 is 1.06 bits per heavy atom. The maximum absolute atomic E-state index is 14.7. The summed E-state index contributed by atoms with van der Waals surface area (Å²) in [5, 5.41) is 18.6. The van der Waals surface area contributed by atoms with Crippen LogP contribution in [0.15, 0.2) is 237 Å². The van der Waals surface area contributed by atoms with E-state index in [0.717, 1.165) is 111 Å². The lowest BCUT2D eigenvalue weighted by Crippen LogP contribution is -2.11. The van der Waals surface area contributed by atoms with E-state index >= 15 is 0 Å². The van der Waals surface area contributed by atoms with E-state index in [2.05, 4.69) is 91.1 Å². The molecule has 15 aromatic rings. The largest absolute Gasteiger partial charge is 0.416 e. The summed E-state index contributed by atoms with van der Waals surface area (Å²) >= 11 is 0. The molecule has 15 rings (SSSR count). The first-order valence-corrected chi connectivity index (χ1v) is 25.9. The highest BCUT2D eigenvalue weighted by Gasteiger charge is 2.37. The number of halogens is 6. The lowest BCUT2D eigenvalue weighted by atomic mass is 9.94. The summed E-state index contributed by atoms with van der Waals surface area (Å²) in [7, 11) is 0. The molecule has 5 nitrogen and oxygen atoms in total. The van der Waals surface area contributed by atoms with Crippen molar-refractivity contribution >= 4 is 87.2 Å². The van der Waals surface area contributed by atoms with Crippen LogP contribution in [0.25, 0.3) is 132 Å². The maximum Gasteiger partial charge on any atom is 0.416 e. The number of aromatic nitrogens is 4.